The number of carbonyl (C=O) groups is 2. The number of esters is 1. The van der Waals surface area contributed by atoms with Gasteiger partial charge in [0.05, 0.1) is 12.0 Å². The van der Waals surface area contributed by atoms with Crippen molar-refractivity contribution in [1.82, 2.24) is 9.88 Å². The van der Waals surface area contributed by atoms with Crippen LogP contribution in [0.2, 0.25) is 0 Å². The van der Waals surface area contributed by atoms with Gasteiger partial charge < -0.3 is 20.3 Å². The van der Waals surface area contributed by atoms with E-state index in [0.29, 0.717) is 25.4 Å². The van der Waals surface area contributed by atoms with Crippen LogP contribution in [-0.4, -0.2) is 59.6 Å². The second-order valence-corrected chi connectivity index (χ2v) is 9.61. The van der Waals surface area contributed by atoms with E-state index >= 15 is 0 Å². The van der Waals surface area contributed by atoms with Crippen molar-refractivity contribution in [3.63, 3.8) is 0 Å². The van der Waals surface area contributed by atoms with Crippen molar-refractivity contribution >= 4 is 17.6 Å². The standard InChI is InChI=1S/C23H36N4O3/c1-23(2,3)30-22(29)18-6-4-17(5-7-18)16-20(24)21(28)27-14-12-26(13-15-27)19-8-10-25-11-9-19/h8-11,17-18,20H,4-7,12-16,24H2,1-3H3/t17?,18?,20-/m0/s1. The van der Waals surface area contributed by atoms with Crippen molar-refractivity contribution in [2.45, 2.75) is 64.5 Å². The zero-order valence-corrected chi connectivity index (χ0v) is 18.5. The van der Waals surface area contributed by atoms with Gasteiger partial charge in [-0.3, -0.25) is 14.6 Å². The quantitative estimate of drug-likeness (QED) is 0.742. The van der Waals surface area contributed by atoms with Crippen LogP contribution in [0.15, 0.2) is 24.5 Å². The van der Waals surface area contributed by atoms with Gasteiger partial charge in [0.15, 0.2) is 0 Å². The first-order valence-electron chi connectivity index (χ1n) is 11.1. The van der Waals surface area contributed by atoms with Gasteiger partial charge >= 0.3 is 5.97 Å². The molecular weight excluding hydrogens is 380 g/mol. The van der Waals surface area contributed by atoms with Gasteiger partial charge in [-0.2, -0.15) is 0 Å². The summed E-state index contributed by atoms with van der Waals surface area (Å²) in [6, 6.07) is 3.54. The molecule has 1 aromatic heterocycles. The fraction of sp³-hybridized carbons (Fsp3) is 0.696. The van der Waals surface area contributed by atoms with E-state index in [1.165, 1.54) is 0 Å². The molecular formula is C23H36N4O3. The smallest absolute Gasteiger partial charge is 0.309 e. The lowest BCUT2D eigenvalue weighted by Gasteiger charge is -2.37. The molecule has 1 saturated heterocycles. The minimum atomic E-state index is -0.458. The molecule has 1 atom stereocenters. The van der Waals surface area contributed by atoms with Crippen molar-refractivity contribution in [3.05, 3.63) is 24.5 Å². The molecule has 1 amide bonds. The van der Waals surface area contributed by atoms with Gasteiger partial charge in [-0.25, -0.2) is 0 Å². The van der Waals surface area contributed by atoms with E-state index in [9.17, 15) is 9.59 Å². The van der Waals surface area contributed by atoms with Gasteiger partial charge in [-0.1, -0.05) is 0 Å². The lowest BCUT2D eigenvalue weighted by atomic mass is 9.79. The summed E-state index contributed by atoms with van der Waals surface area (Å²) < 4.78 is 5.52. The second-order valence-electron chi connectivity index (χ2n) is 9.61. The summed E-state index contributed by atoms with van der Waals surface area (Å²) in [5.74, 6) is 0.349. The number of ether oxygens (including phenoxy) is 1. The van der Waals surface area contributed by atoms with Gasteiger partial charge in [0, 0.05) is 44.3 Å². The average molecular weight is 417 g/mol. The lowest BCUT2D eigenvalue weighted by molar-refractivity contribution is -0.161. The van der Waals surface area contributed by atoms with Crippen LogP contribution in [0.25, 0.3) is 0 Å². The third-order valence-corrected chi connectivity index (χ3v) is 6.11. The number of pyridine rings is 1. The summed E-state index contributed by atoms with van der Waals surface area (Å²) in [6.07, 6.45) is 7.79. The largest absolute Gasteiger partial charge is 0.460 e. The molecule has 0 radical (unpaired) electrons. The number of piperazine rings is 1. The number of amides is 1. The molecule has 0 spiro atoms. The molecule has 0 aromatic carbocycles. The number of aromatic nitrogens is 1. The highest BCUT2D eigenvalue weighted by Crippen LogP contribution is 2.33. The highest BCUT2D eigenvalue weighted by Gasteiger charge is 2.32. The third kappa shape index (κ3) is 6.17. The molecule has 2 N–H and O–H groups in total. The molecule has 7 nitrogen and oxygen atoms in total. The summed E-state index contributed by atoms with van der Waals surface area (Å²) >= 11 is 0. The molecule has 30 heavy (non-hydrogen) atoms. The summed E-state index contributed by atoms with van der Waals surface area (Å²) in [5.41, 5.74) is 7.00. The minimum Gasteiger partial charge on any atom is -0.460 e. The highest BCUT2D eigenvalue weighted by molar-refractivity contribution is 5.82. The Morgan fingerprint density at radius 1 is 1.10 bits per heavy atom. The van der Waals surface area contributed by atoms with Gasteiger partial charge in [0.2, 0.25) is 5.91 Å². The molecule has 0 unspecified atom stereocenters. The van der Waals surface area contributed by atoms with Gasteiger partial charge in [-0.15, -0.1) is 0 Å². The Hall–Kier alpha value is -2.15. The molecule has 2 fully saturated rings. The Kier molecular flexibility index (Phi) is 7.34. The van der Waals surface area contributed by atoms with E-state index in [2.05, 4.69) is 9.88 Å². The van der Waals surface area contributed by atoms with E-state index in [4.69, 9.17) is 10.5 Å². The maximum Gasteiger partial charge on any atom is 0.309 e. The van der Waals surface area contributed by atoms with Crippen molar-refractivity contribution < 1.29 is 14.3 Å². The summed E-state index contributed by atoms with van der Waals surface area (Å²) in [6.45, 7) is 8.71. The monoisotopic (exact) mass is 416 g/mol. The van der Waals surface area contributed by atoms with Gasteiger partial charge in [0.25, 0.3) is 0 Å². The number of rotatable bonds is 5. The topological polar surface area (TPSA) is 88.8 Å². The molecule has 0 bridgehead atoms. The van der Waals surface area contributed by atoms with Crippen LogP contribution in [0.3, 0.4) is 0 Å². The first kappa shape index (κ1) is 22.5. The van der Waals surface area contributed by atoms with Gasteiger partial charge in [0.1, 0.15) is 5.60 Å². The first-order chi connectivity index (χ1) is 14.2. The molecule has 2 heterocycles. The normalized spacial score (nSPS) is 23.7. The fourth-order valence-electron chi connectivity index (χ4n) is 4.45. The van der Waals surface area contributed by atoms with Crippen LogP contribution in [0, 0.1) is 11.8 Å². The van der Waals surface area contributed by atoms with Crippen LogP contribution in [0.1, 0.15) is 52.9 Å². The van der Waals surface area contributed by atoms with Gasteiger partial charge in [-0.05, 0) is 70.9 Å². The van der Waals surface area contributed by atoms with E-state index in [-0.39, 0.29) is 17.8 Å². The number of hydrogen-bond acceptors (Lipinski definition) is 6. The van der Waals surface area contributed by atoms with Crippen molar-refractivity contribution in [2.24, 2.45) is 17.6 Å². The number of anilines is 1. The van der Waals surface area contributed by atoms with Crippen molar-refractivity contribution in [2.75, 3.05) is 31.1 Å². The molecule has 2 aliphatic rings. The molecule has 1 aromatic rings. The van der Waals surface area contributed by atoms with E-state index < -0.39 is 11.6 Å². The fourth-order valence-corrected chi connectivity index (χ4v) is 4.45. The average Bonchev–Trinajstić information content (AvgIpc) is 2.73. The lowest BCUT2D eigenvalue weighted by Crippen LogP contribution is -2.53. The summed E-state index contributed by atoms with van der Waals surface area (Å²) in [5, 5.41) is 0. The van der Waals surface area contributed by atoms with Crippen LogP contribution in [0.4, 0.5) is 5.69 Å². The maximum atomic E-state index is 12.8. The molecule has 7 heteroatoms. The van der Waals surface area contributed by atoms with Crippen LogP contribution >= 0.6 is 0 Å². The van der Waals surface area contributed by atoms with Crippen LogP contribution in [0.5, 0.6) is 0 Å². The number of carbonyl (C=O) groups excluding carboxylic acids is 2. The zero-order valence-electron chi connectivity index (χ0n) is 18.5. The van der Waals surface area contributed by atoms with E-state index in [0.717, 1.165) is 44.5 Å². The predicted molar refractivity (Wildman–Crippen MR) is 117 cm³/mol. The Labute approximate surface area is 180 Å². The summed E-state index contributed by atoms with van der Waals surface area (Å²) in [7, 11) is 0. The number of nitrogens with two attached hydrogens (primary N) is 1. The number of nitrogens with zero attached hydrogens (tertiary/aromatic N) is 3. The Balaban J connectivity index is 1.41. The predicted octanol–water partition coefficient (Wildman–Crippen LogP) is 2.60. The Morgan fingerprint density at radius 2 is 1.70 bits per heavy atom. The Bertz CT molecular complexity index is 703. The first-order valence-corrected chi connectivity index (χ1v) is 11.1. The summed E-state index contributed by atoms with van der Waals surface area (Å²) in [4.78, 5) is 33.3. The molecule has 3 rings (SSSR count). The molecule has 1 saturated carbocycles. The SMILES string of the molecule is CC(C)(C)OC(=O)C1CCC(C[C@H](N)C(=O)N2CCN(c3ccncc3)CC2)CC1. The van der Waals surface area contributed by atoms with Crippen LogP contribution in [-0.2, 0) is 14.3 Å². The molecule has 1 aliphatic carbocycles. The molecule has 1 aliphatic heterocycles. The highest BCUT2D eigenvalue weighted by atomic mass is 16.6. The van der Waals surface area contributed by atoms with Crippen molar-refractivity contribution in [1.29, 1.82) is 0 Å². The zero-order chi connectivity index (χ0) is 21.7. The van der Waals surface area contributed by atoms with Crippen LogP contribution < -0.4 is 10.6 Å². The second kappa shape index (κ2) is 9.77. The minimum absolute atomic E-state index is 0.0198. The number of hydrogen-bond donors (Lipinski definition) is 1. The molecule has 166 valence electrons. The van der Waals surface area contributed by atoms with Crippen molar-refractivity contribution in [3.8, 4) is 0 Å². The maximum absolute atomic E-state index is 12.8. The van der Waals surface area contributed by atoms with E-state index in [1.54, 1.807) is 12.4 Å². The third-order valence-electron chi connectivity index (χ3n) is 6.11. The van der Waals surface area contributed by atoms with E-state index in [1.807, 2.05) is 37.8 Å². The Morgan fingerprint density at radius 3 is 2.27 bits per heavy atom.